The lowest BCUT2D eigenvalue weighted by molar-refractivity contribution is -0.142. The lowest BCUT2D eigenvalue weighted by atomic mass is 10.00. The molecule has 2 heterocycles. The Bertz CT molecular complexity index is 1210. The van der Waals surface area contributed by atoms with Gasteiger partial charge in [0.1, 0.15) is 17.1 Å². The Balaban J connectivity index is 1.88. The maximum absolute atomic E-state index is 12.0. The Morgan fingerprint density at radius 1 is 1.17 bits per heavy atom. The Morgan fingerprint density at radius 2 is 2.00 bits per heavy atom. The van der Waals surface area contributed by atoms with E-state index in [2.05, 4.69) is 0 Å². The summed E-state index contributed by atoms with van der Waals surface area (Å²) in [5.41, 5.74) is 1.81. The molecule has 7 heteroatoms. The van der Waals surface area contributed by atoms with Crippen molar-refractivity contribution in [1.29, 1.82) is 0 Å². The number of rotatable bonds is 7. The van der Waals surface area contributed by atoms with E-state index >= 15 is 0 Å². The van der Waals surface area contributed by atoms with Crippen molar-refractivity contribution in [1.82, 2.24) is 9.38 Å². The van der Waals surface area contributed by atoms with Gasteiger partial charge in [0.15, 0.2) is 11.2 Å². The minimum atomic E-state index is -0.294. The van der Waals surface area contributed by atoms with Crippen LogP contribution in [0, 0.1) is 0 Å². The van der Waals surface area contributed by atoms with Gasteiger partial charge in [0.2, 0.25) is 0 Å². The molecular formula is C22H20N2O4S. The Kier molecular flexibility index (Phi) is 5.31. The highest BCUT2D eigenvalue weighted by molar-refractivity contribution is 7.17. The molecule has 0 radical (unpaired) electrons. The zero-order valence-electron chi connectivity index (χ0n) is 16.2. The number of carbonyl (C=O) groups excluding carboxylic acids is 2. The lowest BCUT2D eigenvalue weighted by Crippen LogP contribution is -2.06. The van der Waals surface area contributed by atoms with E-state index in [1.165, 1.54) is 11.3 Å². The molecule has 4 aromatic rings. The molecule has 0 bridgehead atoms. The summed E-state index contributed by atoms with van der Waals surface area (Å²) < 4.78 is 12.6. The van der Waals surface area contributed by atoms with Gasteiger partial charge in [-0.1, -0.05) is 30.3 Å². The number of thiazole rings is 1. The van der Waals surface area contributed by atoms with Crippen LogP contribution in [-0.2, 0) is 16.0 Å². The van der Waals surface area contributed by atoms with Crippen LogP contribution in [0.4, 0.5) is 0 Å². The number of benzene rings is 2. The summed E-state index contributed by atoms with van der Waals surface area (Å²) in [5.74, 6) is 0.393. The van der Waals surface area contributed by atoms with Gasteiger partial charge in [-0.3, -0.25) is 14.0 Å². The highest BCUT2D eigenvalue weighted by Crippen LogP contribution is 2.39. The molecule has 148 valence electrons. The van der Waals surface area contributed by atoms with Crippen molar-refractivity contribution in [2.24, 2.45) is 0 Å². The van der Waals surface area contributed by atoms with Gasteiger partial charge in [-0.2, -0.15) is 0 Å². The van der Waals surface area contributed by atoms with Crippen LogP contribution in [0.15, 0.2) is 42.6 Å². The molecule has 0 atom stereocenters. The van der Waals surface area contributed by atoms with Crippen molar-refractivity contribution in [3.05, 3.63) is 53.2 Å². The van der Waals surface area contributed by atoms with Crippen LogP contribution < -0.4 is 4.74 Å². The number of nitrogens with zero attached hydrogens (tertiary/aromatic N) is 2. The van der Waals surface area contributed by atoms with Crippen molar-refractivity contribution in [2.75, 3.05) is 13.2 Å². The van der Waals surface area contributed by atoms with E-state index in [4.69, 9.17) is 14.5 Å². The first kappa shape index (κ1) is 19.1. The quantitative estimate of drug-likeness (QED) is 0.332. The molecule has 0 aliphatic carbocycles. The van der Waals surface area contributed by atoms with E-state index in [9.17, 15) is 9.59 Å². The largest absolute Gasteiger partial charge is 0.493 e. The summed E-state index contributed by atoms with van der Waals surface area (Å²) in [7, 11) is 0. The van der Waals surface area contributed by atoms with Gasteiger partial charge in [0, 0.05) is 11.1 Å². The fraction of sp³-hybridized carbons (Fsp3) is 0.227. The smallest absolute Gasteiger partial charge is 0.311 e. The van der Waals surface area contributed by atoms with Crippen molar-refractivity contribution in [2.45, 2.75) is 20.3 Å². The van der Waals surface area contributed by atoms with E-state index < -0.39 is 0 Å². The number of fused-ring (bicyclic) bond motifs is 2. The number of hydrogen-bond acceptors (Lipinski definition) is 6. The number of carbonyl (C=O) groups is 2. The maximum Gasteiger partial charge on any atom is 0.311 e. The van der Waals surface area contributed by atoms with Crippen molar-refractivity contribution in [3.8, 4) is 17.0 Å². The molecule has 0 aliphatic rings. The lowest BCUT2D eigenvalue weighted by Gasteiger charge is -2.12. The Hall–Kier alpha value is -3.19. The molecule has 0 fully saturated rings. The molecule has 29 heavy (non-hydrogen) atoms. The second-order valence-corrected chi connectivity index (χ2v) is 7.48. The van der Waals surface area contributed by atoms with Gasteiger partial charge in [0.25, 0.3) is 0 Å². The number of aromatic nitrogens is 2. The zero-order valence-corrected chi connectivity index (χ0v) is 17.0. The van der Waals surface area contributed by atoms with Gasteiger partial charge in [0.05, 0.1) is 25.2 Å². The Labute approximate surface area is 171 Å². The molecular weight excluding hydrogens is 388 g/mol. The minimum absolute atomic E-state index is 0.161. The predicted molar refractivity (Wildman–Crippen MR) is 113 cm³/mol. The van der Waals surface area contributed by atoms with Crippen LogP contribution in [0.25, 0.3) is 27.0 Å². The molecule has 0 amide bonds. The SMILES string of the molecule is CCOC(=O)Cc1cn2c(C=O)c(-c3c(OCC)ccc4ccccc34)nc2s1. The standard InChI is InChI=1S/C22H20N2O4S/c1-3-27-18-10-9-14-7-5-6-8-16(14)20(18)21-17(13-25)24-12-15(29-22(24)23-21)11-19(26)28-4-2/h5-10,12-13H,3-4,11H2,1-2H3. The average molecular weight is 408 g/mol. The van der Waals surface area contributed by atoms with Crippen LogP contribution in [-0.4, -0.2) is 34.9 Å². The third-order valence-electron chi connectivity index (χ3n) is 4.57. The van der Waals surface area contributed by atoms with E-state index in [-0.39, 0.29) is 12.4 Å². The van der Waals surface area contributed by atoms with Gasteiger partial charge < -0.3 is 9.47 Å². The number of esters is 1. The summed E-state index contributed by atoms with van der Waals surface area (Å²) in [5, 5.41) is 2.02. The van der Waals surface area contributed by atoms with Crippen LogP contribution in [0.2, 0.25) is 0 Å². The monoisotopic (exact) mass is 408 g/mol. The van der Waals surface area contributed by atoms with Gasteiger partial charge in [-0.25, -0.2) is 4.98 Å². The first-order chi connectivity index (χ1) is 14.2. The number of hydrogen-bond donors (Lipinski definition) is 0. The van der Waals surface area contributed by atoms with Crippen molar-refractivity contribution < 1.29 is 19.1 Å². The molecule has 0 unspecified atom stereocenters. The first-order valence-electron chi connectivity index (χ1n) is 9.42. The maximum atomic E-state index is 12.0. The molecule has 2 aromatic heterocycles. The van der Waals surface area contributed by atoms with Gasteiger partial charge in [-0.05, 0) is 30.7 Å². The number of ether oxygens (including phenoxy) is 2. The van der Waals surface area contributed by atoms with Crippen LogP contribution in [0.5, 0.6) is 5.75 Å². The highest BCUT2D eigenvalue weighted by atomic mass is 32.1. The van der Waals surface area contributed by atoms with Gasteiger partial charge in [-0.15, -0.1) is 11.3 Å². The summed E-state index contributed by atoms with van der Waals surface area (Å²) in [6.45, 7) is 4.54. The van der Waals surface area contributed by atoms with E-state index in [0.29, 0.717) is 35.3 Å². The molecule has 6 nitrogen and oxygen atoms in total. The van der Waals surface area contributed by atoms with E-state index in [1.807, 2.05) is 43.3 Å². The Morgan fingerprint density at radius 3 is 2.76 bits per heavy atom. The average Bonchev–Trinajstić information content (AvgIpc) is 3.24. The fourth-order valence-corrected chi connectivity index (χ4v) is 4.38. The normalized spacial score (nSPS) is 11.1. The van der Waals surface area contributed by atoms with Crippen LogP contribution in [0.1, 0.15) is 29.2 Å². The molecule has 0 N–H and O–H groups in total. The van der Waals surface area contributed by atoms with Crippen LogP contribution >= 0.6 is 11.3 Å². The zero-order chi connectivity index (χ0) is 20.4. The van der Waals surface area contributed by atoms with Crippen molar-refractivity contribution >= 4 is 39.3 Å². The van der Waals surface area contributed by atoms with Crippen LogP contribution in [0.3, 0.4) is 0 Å². The molecule has 0 aliphatic heterocycles. The molecule has 4 rings (SSSR count). The fourth-order valence-electron chi connectivity index (χ4n) is 3.41. The predicted octanol–water partition coefficient (Wildman–Crippen LogP) is 4.53. The van der Waals surface area contributed by atoms with E-state index in [0.717, 1.165) is 27.5 Å². The first-order valence-corrected chi connectivity index (χ1v) is 10.2. The molecule has 2 aromatic carbocycles. The summed E-state index contributed by atoms with van der Waals surface area (Å²) in [4.78, 5) is 30.0. The topological polar surface area (TPSA) is 69.9 Å². The third-order valence-corrected chi connectivity index (χ3v) is 5.56. The minimum Gasteiger partial charge on any atom is -0.493 e. The summed E-state index contributed by atoms with van der Waals surface area (Å²) >= 11 is 1.37. The second kappa shape index (κ2) is 8.05. The third kappa shape index (κ3) is 3.49. The van der Waals surface area contributed by atoms with E-state index in [1.54, 1.807) is 17.5 Å². The molecule has 0 saturated carbocycles. The second-order valence-electron chi connectivity index (χ2n) is 6.39. The number of aldehydes is 1. The summed E-state index contributed by atoms with van der Waals surface area (Å²) in [6.07, 6.45) is 2.74. The highest BCUT2D eigenvalue weighted by Gasteiger charge is 2.22. The van der Waals surface area contributed by atoms with Crippen molar-refractivity contribution in [3.63, 3.8) is 0 Å². The number of imidazole rings is 1. The molecule has 0 saturated heterocycles. The molecule has 0 spiro atoms. The summed E-state index contributed by atoms with van der Waals surface area (Å²) in [6, 6.07) is 11.9. The van der Waals surface area contributed by atoms with Gasteiger partial charge >= 0.3 is 5.97 Å².